The van der Waals surface area contributed by atoms with Crippen LogP contribution in [0.3, 0.4) is 0 Å². The minimum atomic E-state index is 0.829. The highest BCUT2D eigenvalue weighted by atomic mass is 16.3. The first-order chi connectivity index (χ1) is 7.92. The first kappa shape index (κ1) is 9.52. The lowest BCUT2D eigenvalue weighted by Crippen LogP contribution is -1.98. The van der Waals surface area contributed by atoms with Crippen LogP contribution in [0.15, 0.2) is 41.2 Å². The molecule has 0 aliphatic heterocycles. The molecule has 0 spiro atoms. The second kappa shape index (κ2) is 4.05. The molecule has 0 atom stereocenters. The molecule has 1 aromatic carbocycles. The van der Waals surface area contributed by atoms with E-state index in [9.17, 15) is 0 Å². The van der Waals surface area contributed by atoms with Gasteiger partial charge in [-0.25, -0.2) is 0 Å². The summed E-state index contributed by atoms with van der Waals surface area (Å²) in [7, 11) is 0. The first-order valence-electron chi connectivity index (χ1n) is 5.78. The molecule has 1 aromatic heterocycles. The molecule has 3 rings (SSSR count). The average Bonchev–Trinajstić information content (AvgIpc) is 2.97. The maximum absolute atomic E-state index is 5.04. The van der Waals surface area contributed by atoms with Gasteiger partial charge in [-0.1, -0.05) is 6.07 Å². The van der Waals surface area contributed by atoms with Crippen molar-refractivity contribution in [1.82, 2.24) is 0 Å². The number of fused-ring (bicyclic) bond motifs is 1. The summed E-state index contributed by atoms with van der Waals surface area (Å²) in [6.07, 6.45) is 7.27. The molecule has 0 saturated heterocycles. The number of benzene rings is 1. The van der Waals surface area contributed by atoms with E-state index in [0.29, 0.717) is 0 Å². The molecule has 1 heterocycles. The molecular weight excluding hydrogens is 198 g/mol. The Morgan fingerprint density at radius 1 is 1.12 bits per heavy atom. The number of furan rings is 1. The fourth-order valence-electron chi connectivity index (χ4n) is 2.28. The van der Waals surface area contributed by atoms with E-state index in [-0.39, 0.29) is 0 Å². The Kier molecular flexibility index (Phi) is 2.41. The predicted octanol–water partition coefficient (Wildman–Crippen LogP) is 3.38. The van der Waals surface area contributed by atoms with E-state index in [1.54, 1.807) is 12.5 Å². The fraction of sp³-hybridized carbons (Fsp3) is 0.286. The summed E-state index contributed by atoms with van der Waals surface area (Å²) in [4.78, 5) is 0. The standard InChI is InChI=1S/C14H15NO/c1-2-12-4-5-14(8-13(12)3-1)15-9-11-6-7-16-10-11/h4-8,10,15H,1-3,9H2. The Balaban J connectivity index is 1.71. The summed E-state index contributed by atoms with van der Waals surface area (Å²) < 4.78 is 5.04. The van der Waals surface area contributed by atoms with Gasteiger partial charge in [0.15, 0.2) is 0 Å². The molecule has 1 aliphatic carbocycles. The monoisotopic (exact) mass is 213 g/mol. The summed E-state index contributed by atoms with van der Waals surface area (Å²) in [6, 6.07) is 8.69. The number of nitrogens with one attached hydrogen (secondary N) is 1. The molecule has 0 amide bonds. The number of aryl methyl sites for hydroxylation is 2. The second-order valence-corrected chi connectivity index (χ2v) is 4.32. The minimum absolute atomic E-state index is 0.829. The van der Waals surface area contributed by atoms with Crippen molar-refractivity contribution >= 4 is 5.69 Å². The van der Waals surface area contributed by atoms with E-state index in [1.165, 1.54) is 41.6 Å². The van der Waals surface area contributed by atoms with Gasteiger partial charge in [0.1, 0.15) is 0 Å². The highest BCUT2D eigenvalue weighted by Crippen LogP contribution is 2.25. The van der Waals surface area contributed by atoms with Crippen molar-refractivity contribution in [2.24, 2.45) is 0 Å². The van der Waals surface area contributed by atoms with Crippen molar-refractivity contribution < 1.29 is 4.42 Å². The Labute approximate surface area is 95.3 Å². The van der Waals surface area contributed by atoms with Crippen molar-refractivity contribution in [3.05, 3.63) is 53.5 Å². The molecule has 1 aliphatic rings. The maximum atomic E-state index is 5.04. The van der Waals surface area contributed by atoms with Crippen LogP contribution in [0.1, 0.15) is 23.1 Å². The smallest absolute Gasteiger partial charge is 0.0952 e. The molecule has 2 heteroatoms. The lowest BCUT2D eigenvalue weighted by Gasteiger charge is -2.07. The quantitative estimate of drug-likeness (QED) is 0.845. The van der Waals surface area contributed by atoms with Crippen molar-refractivity contribution in [2.75, 3.05) is 5.32 Å². The summed E-state index contributed by atoms with van der Waals surface area (Å²) in [5.74, 6) is 0. The summed E-state index contributed by atoms with van der Waals surface area (Å²) in [5, 5.41) is 3.42. The minimum Gasteiger partial charge on any atom is -0.472 e. The number of hydrogen-bond acceptors (Lipinski definition) is 2. The van der Waals surface area contributed by atoms with Gasteiger partial charge >= 0.3 is 0 Å². The van der Waals surface area contributed by atoms with Crippen molar-refractivity contribution in [3.63, 3.8) is 0 Å². The third-order valence-electron chi connectivity index (χ3n) is 3.18. The molecule has 16 heavy (non-hydrogen) atoms. The van der Waals surface area contributed by atoms with Crippen LogP contribution in [-0.4, -0.2) is 0 Å². The SMILES string of the molecule is c1cc(CNc2ccc3c(c2)CCC3)co1. The van der Waals surface area contributed by atoms with Crippen molar-refractivity contribution in [3.8, 4) is 0 Å². The maximum Gasteiger partial charge on any atom is 0.0952 e. The largest absolute Gasteiger partial charge is 0.472 e. The number of anilines is 1. The molecule has 0 unspecified atom stereocenters. The average molecular weight is 213 g/mol. The van der Waals surface area contributed by atoms with Gasteiger partial charge < -0.3 is 9.73 Å². The molecule has 2 aromatic rings. The van der Waals surface area contributed by atoms with E-state index in [1.807, 2.05) is 6.07 Å². The van der Waals surface area contributed by atoms with Crippen LogP contribution in [0.25, 0.3) is 0 Å². The van der Waals surface area contributed by atoms with Crippen molar-refractivity contribution in [1.29, 1.82) is 0 Å². The third-order valence-corrected chi connectivity index (χ3v) is 3.18. The van der Waals surface area contributed by atoms with Crippen LogP contribution < -0.4 is 5.32 Å². The van der Waals surface area contributed by atoms with Gasteiger partial charge in [0.2, 0.25) is 0 Å². The fourth-order valence-corrected chi connectivity index (χ4v) is 2.28. The highest BCUT2D eigenvalue weighted by Gasteiger charge is 2.10. The van der Waals surface area contributed by atoms with Gasteiger partial charge in [-0.15, -0.1) is 0 Å². The molecular formula is C14H15NO. The van der Waals surface area contributed by atoms with Crippen molar-refractivity contribution in [2.45, 2.75) is 25.8 Å². The zero-order chi connectivity index (χ0) is 10.8. The van der Waals surface area contributed by atoms with Gasteiger partial charge in [-0.05, 0) is 48.6 Å². The topological polar surface area (TPSA) is 25.2 Å². The van der Waals surface area contributed by atoms with Crippen LogP contribution in [0, 0.1) is 0 Å². The summed E-state index contributed by atoms with van der Waals surface area (Å²) in [6.45, 7) is 0.829. The zero-order valence-corrected chi connectivity index (χ0v) is 9.20. The predicted molar refractivity (Wildman–Crippen MR) is 64.5 cm³/mol. The van der Waals surface area contributed by atoms with Crippen LogP contribution in [0.2, 0.25) is 0 Å². The van der Waals surface area contributed by atoms with E-state index in [0.717, 1.165) is 6.54 Å². The van der Waals surface area contributed by atoms with Crippen LogP contribution >= 0.6 is 0 Å². The lowest BCUT2D eigenvalue weighted by atomic mass is 10.1. The third kappa shape index (κ3) is 1.83. The van der Waals surface area contributed by atoms with E-state index < -0.39 is 0 Å². The summed E-state index contributed by atoms with van der Waals surface area (Å²) >= 11 is 0. The van der Waals surface area contributed by atoms with Crippen LogP contribution in [0.4, 0.5) is 5.69 Å². The summed E-state index contributed by atoms with van der Waals surface area (Å²) in [5.41, 5.74) is 5.42. The first-order valence-corrected chi connectivity index (χ1v) is 5.78. The molecule has 0 fully saturated rings. The molecule has 1 N–H and O–H groups in total. The Morgan fingerprint density at radius 2 is 2.06 bits per heavy atom. The number of rotatable bonds is 3. The van der Waals surface area contributed by atoms with Crippen LogP contribution in [-0.2, 0) is 19.4 Å². The van der Waals surface area contributed by atoms with E-state index in [2.05, 4.69) is 23.5 Å². The van der Waals surface area contributed by atoms with Gasteiger partial charge in [0.25, 0.3) is 0 Å². The molecule has 82 valence electrons. The lowest BCUT2D eigenvalue weighted by molar-refractivity contribution is 0.564. The number of hydrogen-bond donors (Lipinski definition) is 1. The molecule has 0 saturated carbocycles. The zero-order valence-electron chi connectivity index (χ0n) is 9.20. The molecule has 2 nitrogen and oxygen atoms in total. The Hall–Kier alpha value is -1.70. The van der Waals surface area contributed by atoms with E-state index in [4.69, 9.17) is 4.42 Å². The van der Waals surface area contributed by atoms with Gasteiger partial charge in [0, 0.05) is 17.8 Å². The van der Waals surface area contributed by atoms with Gasteiger partial charge in [-0.3, -0.25) is 0 Å². The van der Waals surface area contributed by atoms with Gasteiger partial charge in [-0.2, -0.15) is 0 Å². The molecule has 0 bridgehead atoms. The van der Waals surface area contributed by atoms with Gasteiger partial charge in [0.05, 0.1) is 12.5 Å². The highest BCUT2D eigenvalue weighted by molar-refractivity contribution is 5.50. The Bertz CT molecular complexity index is 473. The normalized spacial score (nSPS) is 13.8. The molecule has 0 radical (unpaired) electrons. The Morgan fingerprint density at radius 3 is 2.94 bits per heavy atom. The van der Waals surface area contributed by atoms with Crippen LogP contribution in [0.5, 0.6) is 0 Å². The van der Waals surface area contributed by atoms with E-state index >= 15 is 0 Å². The second-order valence-electron chi connectivity index (χ2n) is 4.32.